The number of hydrogen-bond acceptors (Lipinski definition) is 11. The Morgan fingerprint density at radius 2 is 1.87 bits per heavy atom. The molecule has 3 aliphatic heterocycles. The van der Waals surface area contributed by atoms with Gasteiger partial charge in [0.2, 0.25) is 11.9 Å². The Morgan fingerprint density at radius 3 is 2.52 bits per heavy atom. The molecule has 0 radical (unpaired) electrons. The second kappa shape index (κ2) is 13.3. The van der Waals surface area contributed by atoms with Crippen molar-refractivity contribution in [3.05, 3.63) is 54.4 Å². The van der Waals surface area contributed by atoms with Crippen LogP contribution in [0.15, 0.2) is 48.8 Å². The van der Waals surface area contributed by atoms with E-state index >= 15 is 4.39 Å². The molecular formula is C33H36FN9O3. The lowest BCUT2D eigenvalue weighted by molar-refractivity contribution is -0.140. The molecular weight excluding hydrogens is 589 g/mol. The lowest BCUT2D eigenvalue weighted by Crippen LogP contribution is -2.58. The number of nitriles is 2. The van der Waals surface area contributed by atoms with Crippen LogP contribution < -0.4 is 15.0 Å². The van der Waals surface area contributed by atoms with Crippen molar-refractivity contribution < 1.29 is 18.7 Å². The molecule has 0 bridgehead atoms. The van der Waals surface area contributed by atoms with Gasteiger partial charge in [0, 0.05) is 55.1 Å². The van der Waals surface area contributed by atoms with Gasteiger partial charge in [-0.3, -0.25) is 9.69 Å². The van der Waals surface area contributed by atoms with Crippen molar-refractivity contribution in [3.63, 3.8) is 0 Å². The highest BCUT2D eigenvalue weighted by molar-refractivity contribution is 5.78. The van der Waals surface area contributed by atoms with E-state index in [9.17, 15) is 10.1 Å². The zero-order valence-electron chi connectivity index (χ0n) is 25.9. The van der Waals surface area contributed by atoms with Crippen LogP contribution in [0.3, 0.4) is 0 Å². The quantitative estimate of drug-likeness (QED) is 0.393. The first-order chi connectivity index (χ1) is 22.2. The van der Waals surface area contributed by atoms with Gasteiger partial charge in [0.05, 0.1) is 37.4 Å². The second-order valence-corrected chi connectivity index (χ2v) is 12.5. The molecule has 13 heteroatoms. The van der Waals surface area contributed by atoms with Gasteiger partial charge in [-0.05, 0) is 42.5 Å². The average molecular weight is 626 g/mol. The Hall–Kier alpha value is -4.85. The van der Waals surface area contributed by atoms with Crippen LogP contribution in [-0.2, 0) is 9.53 Å². The molecule has 0 unspecified atom stereocenters. The van der Waals surface area contributed by atoms with Crippen molar-refractivity contribution >= 4 is 23.2 Å². The Bertz CT molecular complexity index is 1640. The van der Waals surface area contributed by atoms with Gasteiger partial charge in [-0.2, -0.15) is 15.5 Å². The fourth-order valence-electron chi connectivity index (χ4n) is 6.20. The molecule has 1 aromatic heterocycles. The van der Waals surface area contributed by atoms with Crippen LogP contribution in [0.5, 0.6) is 5.75 Å². The summed E-state index contributed by atoms with van der Waals surface area (Å²) in [5, 5.41) is 22.0. The van der Waals surface area contributed by atoms with E-state index in [0.29, 0.717) is 23.4 Å². The summed E-state index contributed by atoms with van der Waals surface area (Å²) in [6.45, 7) is 9.36. The minimum absolute atomic E-state index is 0.175. The van der Waals surface area contributed by atoms with E-state index in [-0.39, 0.29) is 30.8 Å². The molecule has 2 aromatic carbocycles. The van der Waals surface area contributed by atoms with E-state index in [1.807, 2.05) is 18.2 Å². The Kier molecular flexibility index (Phi) is 8.97. The number of amides is 1. The highest BCUT2D eigenvalue weighted by Crippen LogP contribution is 2.36. The molecule has 12 nitrogen and oxygen atoms in total. The monoisotopic (exact) mass is 625 g/mol. The predicted molar refractivity (Wildman–Crippen MR) is 168 cm³/mol. The lowest BCUT2D eigenvalue weighted by atomic mass is 9.80. The second-order valence-electron chi connectivity index (χ2n) is 12.5. The topological polar surface area (TPSA) is 144 Å². The number of likely N-dealkylation sites (tertiary alicyclic amines) is 1. The number of rotatable bonds is 8. The first-order valence-corrected chi connectivity index (χ1v) is 15.4. The van der Waals surface area contributed by atoms with Gasteiger partial charge < -0.3 is 24.6 Å². The summed E-state index contributed by atoms with van der Waals surface area (Å²) in [5.74, 6) is 0.536. The minimum atomic E-state index is -1.50. The molecule has 2 atom stereocenters. The van der Waals surface area contributed by atoms with E-state index in [0.717, 1.165) is 45.1 Å². The number of ether oxygens (including phenoxy) is 2. The van der Waals surface area contributed by atoms with Crippen molar-refractivity contribution in [1.29, 1.82) is 10.5 Å². The van der Waals surface area contributed by atoms with Gasteiger partial charge >= 0.3 is 0 Å². The number of benzene rings is 2. The third-order valence-corrected chi connectivity index (χ3v) is 8.80. The number of anilines is 3. The molecule has 0 saturated carbocycles. The molecule has 3 aromatic rings. The molecule has 3 aliphatic rings. The van der Waals surface area contributed by atoms with Crippen LogP contribution in [0.4, 0.5) is 21.7 Å². The minimum Gasteiger partial charge on any atom is -0.485 e. The lowest BCUT2D eigenvalue weighted by Gasteiger charge is -2.45. The molecule has 3 saturated heterocycles. The molecule has 6 rings (SSSR count). The van der Waals surface area contributed by atoms with E-state index in [1.54, 1.807) is 32.0 Å². The molecule has 4 heterocycles. The Balaban J connectivity index is 1.10. The zero-order chi connectivity index (χ0) is 32.3. The number of halogens is 1. The summed E-state index contributed by atoms with van der Waals surface area (Å²) in [5.41, 5.74) is 2.01. The van der Waals surface area contributed by atoms with Crippen molar-refractivity contribution in [2.75, 3.05) is 62.7 Å². The molecule has 1 N–H and O–H groups in total. The third kappa shape index (κ3) is 6.71. The van der Waals surface area contributed by atoms with Crippen molar-refractivity contribution in [2.45, 2.75) is 38.6 Å². The van der Waals surface area contributed by atoms with Gasteiger partial charge in [-0.25, -0.2) is 14.4 Å². The number of hydrogen-bond donors (Lipinski definition) is 1. The van der Waals surface area contributed by atoms with Crippen molar-refractivity contribution in [2.24, 2.45) is 5.41 Å². The van der Waals surface area contributed by atoms with Crippen LogP contribution >= 0.6 is 0 Å². The van der Waals surface area contributed by atoms with E-state index in [4.69, 9.17) is 14.7 Å². The number of nitrogens with one attached hydrogen (secondary N) is 1. The first-order valence-electron chi connectivity index (χ1n) is 15.4. The number of nitrogens with zero attached hydrogens (tertiary/aromatic N) is 8. The molecule has 0 spiro atoms. The largest absolute Gasteiger partial charge is 0.485 e. The van der Waals surface area contributed by atoms with E-state index in [2.05, 4.69) is 48.3 Å². The van der Waals surface area contributed by atoms with Crippen molar-refractivity contribution in [3.8, 4) is 29.3 Å². The van der Waals surface area contributed by atoms with E-state index in [1.165, 1.54) is 16.9 Å². The Labute approximate surface area is 267 Å². The normalized spacial score (nSPS) is 21.5. The summed E-state index contributed by atoms with van der Waals surface area (Å²) in [6.07, 6.45) is -1.30. The average Bonchev–Trinajstić information content (AvgIpc) is 3.03. The molecule has 238 valence electrons. The number of carbonyl (C=O) groups is 1. The molecule has 3 fully saturated rings. The van der Waals surface area contributed by atoms with E-state index < -0.39 is 23.6 Å². The van der Waals surface area contributed by atoms with Crippen LogP contribution in [0.25, 0.3) is 11.4 Å². The molecule has 1 amide bonds. The number of piperazine rings is 1. The summed E-state index contributed by atoms with van der Waals surface area (Å²) in [7, 11) is 0. The molecule has 0 aliphatic carbocycles. The SMILES string of the molecule is CC1(C)CN(C(=O)CC#N)C[C@@H](F)[C@@H]1Oc1ccc(-c2ncnc(Nc3ccc(N4CCN(C5COC5)CC4)cc3)n2)cc1C#N. The van der Waals surface area contributed by atoms with Crippen LogP contribution in [-0.4, -0.2) is 101 Å². The zero-order valence-corrected chi connectivity index (χ0v) is 25.9. The summed E-state index contributed by atoms with van der Waals surface area (Å²) in [6, 6.07) is 17.6. The summed E-state index contributed by atoms with van der Waals surface area (Å²) in [4.78, 5) is 31.6. The number of carbonyl (C=O) groups excluding carboxylic acids is 1. The fraction of sp³-hybridized carbons (Fsp3) is 0.455. The predicted octanol–water partition coefficient (Wildman–Crippen LogP) is 3.54. The number of piperidine rings is 1. The summed E-state index contributed by atoms with van der Waals surface area (Å²) < 4.78 is 26.8. The smallest absolute Gasteiger partial charge is 0.236 e. The highest BCUT2D eigenvalue weighted by atomic mass is 19.1. The Morgan fingerprint density at radius 1 is 1.11 bits per heavy atom. The van der Waals surface area contributed by atoms with Gasteiger partial charge in [0.15, 0.2) is 12.0 Å². The maximum Gasteiger partial charge on any atom is 0.236 e. The summed E-state index contributed by atoms with van der Waals surface area (Å²) >= 11 is 0. The fourth-order valence-corrected chi connectivity index (χ4v) is 6.20. The third-order valence-electron chi connectivity index (χ3n) is 8.80. The highest BCUT2D eigenvalue weighted by Gasteiger charge is 2.46. The maximum atomic E-state index is 15.3. The van der Waals surface area contributed by atoms with Crippen molar-refractivity contribution in [1.82, 2.24) is 24.8 Å². The van der Waals surface area contributed by atoms with Gasteiger partial charge in [-0.1, -0.05) is 13.8 Å². The number of aromatic nitrogens is 3. The van der Waals surface area contributed by atoms with Gasteiger partial charge in [0.1, 0.15) is 30.7 Å². The van der Waals surface area contributed by atoms with Gasteiger partial charge in [-0.15, -0.1) is 0 Å². The van der Waals surface area contributed by atoms with Crippen LogP contribution in [0.2, 0.25) is 0 Å². The van der Waals surface area contributed by atoms with Crippen LogP contribution in [0, 0.1) is 28.1 Å². The standard InChI is InChI=1S/C33H36FN9O3/c1-33(2)20-43(29(44)9-10-35)17-27(34)30(33)46-28-8-3-22(15-23(28)16-36)31-37-21-38-32(40-31)39-24-4-6-25(7-5-24)41-11-13-42(14-12-41)26-18-45-19-26/h3-8,15,21,26-27,30H,9,11-14,17-20H2,1-2H3,(H,37,38,39,40)/t27-,30+/m1/s1. The number of alkyl halides is 1. The van der Waals surface area contributed by atoms with Crippen LogP contribution in [0.1, 0.15) is 25.8 Å². The first kappa shape index (κ1) is 31.1. The van der Waals surface area contributed by atoms with Gasteiger partial charge in [0.25, 0.3) is 0 Å². The molecule has 46 heavy (non-hydrogen) atoms. The maximum absolute atomic E-state index is 15.3.